The van der Waals surface area contributed by atoms with E-state index in [1.165, 1.54) is 25.7 Å². The third-order valence-electron chi connectivity index (χ3n) is 3.74. The topological polar surface area (TPSA) is 39.4 Å². The number of amidine groups is 1. The van der Waals surface area contributed by atoms with Crippen LogP contribution in [0.15, 0.2) is 47.6 Å². The van der Waals surface area contributed by atoms with Crippen molar-refractivity contribution in [3.63, 3.8) is 0 Å². The van der Waals surface area contributed by atoms with E-state index < -0.39 is 0 Å². The van der Waals surface area contributed by atoms with Crippen LogP contribution in [0.4, 0.5) is 0 Å². The molecule has 0 amide bonds. The summed E-state index contributed by atoms with van der Waals surface area (Å²) in [4.78, 5) is 6.63. The van der Waals surface area contributed by atoms with Gasteiger partial charge in [0.1, 0.15) is 11.9 Å². The third kappa shape index (κ3) is 4.19. The van der Waals surface area contributed by atoms with E-state index in [4.69, 9.17) is 0 Å². The van der Waals surface area contributed by atoms with Gasteiger partial charge in [0.25, 0.3) is 0 Å². The summed E-state index contributed by atoms with van der Waals surface area (Å²) >= 11 is 0. The van der Waals surface area contributed by atoms with Gasteiger partial charge in [-0.1, -0.05) is 62.9 Å². The Morgan fingerprint density at radius 1 is 1.14 bits per heavy atom. The van der Waals surface area contributed by atoms with Crippen molar-refractivity contribution in [2.24, 2.45) is 4.99 Å². The molecular formula is C18H23N3. The van der Waals surface area contributed by atoms with Gasteiger partial charge >= 0.3 is 0 Å². The second-order valence-corrected chi connectivity index (χ2v) is 5.34. The summed E-state index contributed by atoms with van der Waals surface area (Å²) in [7, 11) is 0. The summed E-state index contributed by atoms with van der Waals surface area (Å²) < 4.78 is 0. The Hall–Kier alpha value is -2.08. The van der Waals surface area contributed by atoms with Gasteiger partial charge in [0.2, 0.25) is 0 Å². The molecule has 3 nitrogen and oxygen atoms in total. The standard InChI is InChI=1S/C18H23N3/c1-2-3-4-5-9-14-21-17(15-19)12-13-20-18(21)16-10-7-6-8-11-16/h6-8,10-13,17H,2-5,9,14H2,1H3. The predicted octanol–water partition coefficient (Wildman–Crippen LogP) is 4.13. The Balaban J connectivity index is 2.04. The first-order valence-electron chi connectivity index (χ1n) is 7.83. The first-order chi connectivity index (χ1) is 10.4. The molecule has 0 aromatic heterocycles. The highest BCUT2D eigenvalue weighted by molar-refractivity contribution is 6.00. The van der Waals surface area contributed by atoms with E-state index in [0.717, 1.165) is 24.4 Å². The van der Waals surface area contributed by atoms with Crippen molar-refractivity contribution in [2.45, 2.75) is 45.1 Å². The van der Waals surface area contributed by atoms with Crippen molar-refractivity contribution in [2.75, 3.05) is 6.54 Å². The monoisotopic (exact) mass is 281 g/mol. The van der Waals surface area contributed by atoms with E-state index in [2.05, 4.69) is 35.0 Å². The second kappa shape index (κ2) is 8.26. The van der Waals surface area contributed by atoms with Gasteiger partial charge in [0.05, 0.1) is 6.07 Å². The van der Waals surface area contributed by atoms with Crippen molar-refractivity contribution < 1.29 is 0 Å². The van der Waals surface area contributed by atoms with Crippen LogP contribution in [-0.4, -0.2) is 23.3 Å². The fourth-order valence-corrected chi connectivity index (χ4v) is 2.58. The number of rotatable bonds is 7. The van der Waals surface area contributed by atoms with Gasteiger partial charge in [0, 0.05) is 18.3 Å². The molecular weight excluding hydrogens is 258 g/mol. The van der Waals surface area contributed by atoms with Crippen LogP contribution in [0.1, 0.15) is 44.6 Å². The molecule has 1 aliphatic rings. The zero-order valence-electron chi connectivity index (χ0n) is 12.7. The summed E-state index contributed by atoms with van der Waals surface area (Å²) in [5.41, 5.74) is 1.08. The van der Waals surface area contributed by atoms with Crippen LogP contribution < -0.4 is 0 Å². The molecule has 110 valence electrons. The maximum Gasteiger partial charge on any atom is 0.138 e. The van der Waals surface area contributed by atoms with Crippen LogP contribution in [0.2, 0.25) is 0 Å². The number of benzene rings is 1. The van der Waals surface area contributed by atoms with Crippen LogP contribution in [0, 0.1) is 11.3 Å². The molecule has 0 aliphatic carbocycles. The number of nitriles is 1. The Labute approximate surface area is 127 Å². The molecule has 1 aromatic rings. The van der Waals surface area contributed by atoms with Gasteiger partial charge in [-0.05, 0) is 12.5 Å². The maximum absolute atomic E-state index is 9.37. The lowest BCUT2D eigenvalue weighted by Crippen LogP contribution is -2.41. The van der Waals surface area contributed by atoms with Crippen molar-refractivity contribution in [1.29, 1.82) is 5.26 Å². The largest absolute Gasteiger partial charge is 0.337 e. The van der Waals surface area contributed by atoms with Gasteiger partial charge in [-0.2, -0.15) is 5.26 Å². The number of hydrogen-bond acceptors (Lipinski definition) is 3. The maximum atomic E-state index is 9.37. The average Bonchev–Trinajstić information content (AvgIpc) is 2.55. The van der Waals surface area contributed by atoms with Crippen molar-refractivity contribution in [3.05, 3.63) is 48.2 Å². The Kier molecular flexibility index (Phi) is 6.02. The van der Waals surface area contributed by atoms with Crippen LogP contribution >= 0.6 is 0 Å². The molecule has 3 heteroatoms. The molecule has 1 heterocycles. The molecule has 0 radical (unpaired) electrons. The number of nitrogens with zero attached hydrogens (tertiary/aromatic N) is 3. The van der Waals surface area contributed by atoms with Gasteiger partial charge in [0.15, 0.2) is 0 Å². The molecule has 1 unspecified atom stereocenters. The van der Waals surface area contributed by atoms with Gasteiger partial charge < -0.3 is 4.90 Å². The second-order valence-electron chi connectivity index (χ2n) is 5.34. The quantitative estimate of drug-likeness (QED) is 0.705. The Morgan fingerprint density at radius 2 is 1.90 bits per heavy atom. The summed E-state index contributed by atoms with van der Waals surface area (Å²) in [5, 5.41) is 9.37. The van der Waals surface area contributed by atoms with Gasteiger partial charge in [-0.25, -0.2) is 4.99 Å². The predicted molar refractivity (Wildman–Crippen MR) is 87.0 cm³/mol. The van der Waals surface area contributed by atoms with Crippen LogP contribution in [0.5, 0.6) is 0 Å². The lowest BCUT2D eigenvalue weighted by Gasteiger charge is -2.31. The average molecular weight is 281 g/mol. The molecule has 0 N–H and O–H groups in total. The van der Waals surface area contributed by atoms with Crippen molar-refractivity contribution in [3.8, 4) is 6.07 Å². The Bertz CT molecular complexity index is 525. The molecule has 0 fully saturated rings. The molecule has 1 atom stereocenters. The molecule has 21 heavy (non-hydrogen) atoms. The van der Waals surface area contributed by atoms with E-state index in [1.807, 2.05) is 24.3 Å². The summed E-state index contributed by atoms with van der Waals surface area (Å²) in [6, 6.07) is 12.3. The fraction of sp³-hybridized carbons (Fsp3) is 0.444. The highest BCUT2D eigenvalue weighted by Crippen LogP contribution is 2.16. The lowest BCUT2D eigenvalue weighted by molar-refractivity contribution is 0.387. The third-order valence-corrected chi connectivity index (χ3v) is 3.74. The highest BCUT2D eigenvalue weighted by atomic mass is 15.2. The molecule has 0 bridgehead atoms. The number of hydrogen-bond donors (Lipinski definition) is 0. The molecule has 1 aromatic carbocycles. The first kappa shape index (κ1) is 15.3. The van der Waals surface area contributed by atoms with E-state index in [1.54, 1.807) is 6.20 Å². The molecule has 0 spiro atoms. The minimum absolute atomic E-state index is 0.205. The lowest BCUT2D eigenvalue weighted by atomic mass is 10.1. The highest BCUT2D eigenvalue weighted by Gasteiger charge is 2.22. The zero-order valence-corrected chi connectivity index (χ0v) is 12.7. The molecule has 0 saturated heterocycles. The minimum atomic E-state index is -0.205. The Morgan fingerprint density at radius 3 is 2.62 bits per heavy atom. The minimum Gasteiger partial charge on any atom is -0.337 e. The fourth-order valence-electron chi connectivity index (χ4n) is 2.58. The van der Waals surface area contributed by atoms with Gasteiger partial charge in [-0.3, -0.25) is 0 Å². The van der Waals surface area contributed by atoms with Crippen LogP contribution in [0.25, 0.3) is 0 Å². The van der Waals surface area contributed by atoms with Crippen LogP contribution in [-0.2, 0) is 0 Å². The van der Waals surface area contributed by atoms with Gasteiger partial charge in [-0.15, -0.1) is 0 Å². The van der Waals surface area contributed by atoms with E-state index in [9.17, 15) is 5.26 Å². The number of unbranched alkanes of at least 4 members (excludes halogenated alkanes) is 4. The van der Waals surface area contributed by atoms with E-state index in [-0.39, 0.29) is 6.04 Å². The number of aliphatic imine (C=N–C) groups is 1. The van der Waals surface area contributed by atoms with Crippen molar-refractivity contribution >= 4 is 5.84 Å². The summed E-state index contributed by atoms with van der Waals surface area (Å²) in [6.07, 6.45) is 9.77. The van der Waals surface area contributed by atoms with Crippen LogP contribution in [0.3, 0.4) is 0 Å². The normalized spacial score (nSPS) is 17.4. The van der Waals surface area contributed by atoms with E-state index >= 15 is 0 Å². The van der Waals surface area contributed by atoms with E-state index in [0.29, 0.717) is 0 Å². The zero-order chi connectivity index (χ0) is 14.9. The molecule has 0 saturated carbocycles. The van der Waals surface area contributed by atoms with Crippen molar-refractivity contribution in [1.82, 2.24) is 4.90 Å². The SMILES string of the molecule is CCCCCCCN1C(c2ccccc2)=NC=CC1C#N. The smallest absolute Gasteiger partial charge is 0.138 e. The summed E-state index contributed by atoms with van der Waals surface area (Å²) in [6.45, 7) is 3.11. The molecule has 1 aliphatic heterocycles. The summed E-state index contributed by atoms with van der Waals surface area (Å²) in [5.74, 6) is 0.917. The molecule has 2 rings (SSSR count). The first-order valence-corrected chi connectivity index (χ1v) is 7.83.